The van der Waals surface area contributed by atoms with Crippen LogP contribution >= 0.6 is 0 Å². The third kappa shape index (κ3) is 7.53. The number of nitrogens with zero attached hydrogens (tertiary/aromatic N) is 2. The first-order valence-electron chi connectivity index (χ1n) is 12.2. The van der Waals surface area contributed by atoms with Crippen LogP contribution in [0.15, 0.2) is 24.3 Å². The van der Waals surface area contributed by atoms with E-state index in [4.69, 9.17) is 0 Å². The molecule has 2 aliphatic rings. The Bertz CT molecular complexity index is 706. The second kappa shape index (κ2) is 12.1. The van der Waals surface area contributed by atoms with Gasteiger partial charge in [0, 0.05) is 37.8 Å². The number of benzene rings is 1. The highest BCUT2D eigenvalue weighted by atomic mass is 16.2. The van der Waals surface area contributed by atoms with Crippen molar-refractivity contribution in [1.82, 2.24) is 20.4 Å². The topological polar surface area (TPSA) is 64.7 Å². The SMILES string of the molecule is C[C@H]1CCCN(CCCCNC(=O)NCc2ccc(C(=O)N3CCCC[C@H]3C)cc2)C1. The molecule has 6 heteroatoms. The first kappa shape index (κ1) is 23.6. The molecule has 6 nitrogen and oxygen atoms in total. The van der Waals surface area contributed by atoms with Gasteiger partial charge in [-0.1, -0.05) is 19.1 Å². The van der Waals surface area contributed by atoms with Gasteiger partial charge >= 0.3 is 6.03 Å². The zero-order valence-corrected chi connectivity index (χ0v) is 19.4. The van der Waals surface area contributed by atoms with E-state index in [2.05, 4.69) is 29.4 Å². The monoisotopic (exact) mass is 428 g/mol. The predicted octanol–water partition coefficient (Wildman–Crippen LogP) is 4.01. The number of piperidine rings is 2. The summed E-state index contributed by atoms with van der Waals surface area (Å²) < 4.78 is 0. The lowest BCUT2D eigenvalue weighted by molar-refractivity contribution is 0.0635. The zero-order valence-electron chi connectivity index (χ0n) is 19.4. The number of likely N-dealkylation sites (tertiary alicyclic amines) is 2. The average Bonchev–Trinajstić information content (AvgIpc) is 2.78. The first-order chi connectivity index (χ1) is 15.0. The lowest BCUT2D eigenvalue weighted by atomic mass is 10.0. The van der Waals surface area contributed by atoms with E-state index in [1.165, 1.54) is 32.4 Å². The van der Waals surface area contributed by atoms with Gasteiger partial charge in [-0.05, 0) is 88.6 Å². The maximum absolute atomic E-state index is 12.7. The molecular weight excluding hydrogens is 388 g/mol. The molecule has 0 saturated carbocycles. The van der Waals surface area contributed by atoms with Gasteiger partial charge in [-0.15, -0.1) is 0 Å². The molecule has 0 aliphatic carbocycles. The van der Waals surface area contributed by atoms with Gasteiger partial charge in [-0.2, -0.15) is 0 Å². The molecule has 1 aromatic rings. The molecule has 0 spiro atoms. The summed E-state index contributed by atoms with van der Waals surface area (Å²) in [5.41, 5.74) is 1.72. The number of hydrogen-bond acceptors (Lipinski definition) is 3. The normalized spacial score (nSPS) is 22.2. The third-order valence-corrected chi connectivity index (χ3v) is 6.65. The summed E-state index contributed by atoms with van der Waals surface area (Å²) >= 11 is 0. The summed E-state index contributed by atoms with van der Waals surface area (Å²) in [4.78, 5) is 29.3. The molecule has 2 aliphatic heterocycles. The smallest absolute Gasteiger partial charge is 0.315 e. The van der Waals surface area contributed by atoms with Gasteiger partial charge in [-0.3, -0.25) is 4.79 Å². The Morgan fingerprint density at radius 3 is 2.52 bits per heavy atom. The van der Waals surface area contributed by atoms with Crippen LogP contribution in [0.3, 0.4) is 0 Å². The Morgan fingerprint density at radius 2 is 1.77 bits per heavy atom. The van der Waals surface area contributed by atoms with Crippen molar-refractivity contribution in [1.29, 1.82) is 0 Å². The van der Waals surface area contributed by atoms with Crippen LogP contribution in [0.2, 0.25) is 0 Å². The van der Waals surface area contributed by atoms with E-state index in [9.17, 15) is 9.59 Å². The number of hydrogen-bond donors (Lipinski definition) is 2. The number of unbranched alkanes of at least 4 members (excludes halogenated alkanes) is 1. The maximum atomic E-state index is 12.7. The molecule has 1 aromatic carbocycles. The third-order valence-electron chi connectivity index (χ3n) is 6.65. The van der Waals surface area contributed by atoms with Gasteiger partial charge < -0.3 is 20.4 Å². The first-order valence-corrected chi connectivity index (χ1v) is 12.2. The summed E-state index contributed by atoms with van der Waals surface area (Å²) in [6, 6.07) is 7.80. The van der Waals surface area contributed by atoms with Gasteiger partial charge in [0.2, 0.25) is 0 Å². The van der Waals surface area contributed by atoms with Gasteiger partial charge in [0.05, 0.1) is 0 Å². The van der Waals surface area contributed by atoms with Crippen molar-refractivity contribution in [2.75, 3.05) is 32.7 Å². The lowest BCUT2D eigenvalue weighted by Gasteiger charge is -2.33. The molecule has 0 unspecified atom stereocenters. The lowest BCUT2D eigenvalue weighted by Crippen LogP contribution is -2.42. The number of carbonyl (C=O) groups is 2. The predicted molar refractivity (Wildman–Crippen MR) is 125 cm³/mol. The molecule has 3 rings (SSSR count). The van der Waals surface area contributed by atoms with E-state index in [1.54, 1.807) is 0 Å². The van der Waals surface area contributed by atoms with Crippen LogP contribution in [0.1, 0.15) is 74.7 Å². The van der Waals surface area contributed by atoms with E-state index in [0.29, 0.717) is 19.1 Å². The van der Waals surface area contributed by atoms with Crippen molar-refractivity contribution in [3.8, 4) is 0 Å². The van der Waals surface area contributed by atoms with Crippen molar-refractivity contribution < 1.29 is 9.59 Å². The molecule has 2 saturated heterocycles. The number of nitrogens with one attached hydrogen (secondary N) is 2. The fourth-order valence-corrected chi connectivity index (χ4v) is 4.73. The molecule has 2 fully saturated rings. The van der Waals surface area contributed by atoms with Crippen molar-refractivity contribution in [3.63, 3.8) is 0 Å². The Labute approximate surface area is 187 Å². The van der Waals surface area contributed by atoms with Crippen LogP contribution in [-0.2, 0) is 6.54 Å². The minimum Gasteiger partial charge on any atom is -0.338 e. The average molecular weight is 429 g/mol. The fraction of sp³-hybridized carbons (Fsp3) is 0.680. The quantitative estimate of drug-likeness (QED) is 0.615. The van der Waals surface area contributed by atoms with E-state index >= 15 is 0 Å². The number of amides is 3. The summed E-state index contributed by atoms with van der Waals surface area (Å²) in [6.07, 6.45) is 8.17. The van der Waals surface area contributed by atoms with Crippen molar-refractivity contribution >= 4 is 11.9 Å². The molecule has 172 valence electrons. The standard InChI is InChI=1S/C25H40N4O2/c1-20-8-7-16-28(19-20)15-6-4-14-26-25(31)27-18-22-10-12-23(13-11-22)24(30)29-17-5-3-9-21(29)2/h10-13,20-21H,3-9,14-19H2,1-2H3,(H2,26,27,31)/t20-,21+/m0/s1. The van der Waals surface area contributed by atoms with Crippen LogP contribution in [-0.4, -0.2) is 60.5 Å². The molecular formula is C25H40N4O2. The molecule has 0 aromatic heterocycles. The van der Waals surface area contributed by atoms with E-state index < -0.39 is 0 Å². The molecule has 31 heavy (non-hydrogen) atoms. The number of carbonyl (C=O) groups excluding carboxylic acids is 2. The van der Waals surface area contributed by atoms with Crippen LogP contribution in [0.4, 0.5) is 4.79 Å². The second-order valence-corrected chi connectivity index (χ2v) is 9.40. The van der Waals surface area contributed by atoms with Crippen molar-refractivity contribution in [3.05, 3.63) is 35.4 Å². The second-order valence-electron chi connectivity index (χ2n) is 9.40. The van der Waals surface area contributed by atoms with E-state index in [1.807, 2.05) is 29.2 Å². The Balaban J connectivity index is 1.30. The van der Waals surface area contributed by atoms with Gasteiger partial charge in [0.1, 0.15) is 0 Å². The minimum atomic E-state index is -0.131. The van der Waals surface area contributed by atoms with E-state index in [-0.39, 0.29) is 11.9 Å². The van der Waals surface area contributed by atoms with Crippen molar-refractivity contribution in [2.45, 2.75) is 71.4 Å². The van der Waals surface area contributed by atoms with Crippen LogP contribution in [0.5, 0.6) is 0 Å². The molecule has 2 heterocycles. The van der Waals surface area contributed by atoms with Crippen LogP contribution in [0.25, 0.3) is 0 Å². The number of urea groups is 1. The molecule has 2 N–H and O–H groups in total. The molecule has 0 bridgehead atoms. The Hall–Kier alpha value is -2.08. The van der Waals surface area contributed by atoms with Gasteiger partial charge in [0.25, 0.3) is 5.91 Å². The highest BCUT2D eigenvalue weighted by molar-refractivity contribution is 5.94. The zero-order chi connectivity index (χ0) is 22.1. The van der Waals surface area contributed by atoms with Crippen LogP contribution < -0.4 is 10.6 Å². The Morgan fingerprint density at radius 1 is 0.968 bits per heavy atom. The summed E-state index contributed by atoms with van der Waals surface area (Å²) in [5, 5.41) is 5.86. The van der Waals surface area contributed by atoms with Gasteiger partial charge in [-0.25, -0.2) is 4.79 Å². The summed E-state index contributed by atoms with van der Waals surface area (Å²) in [7, 11) is 0. The maximum Gasteiger partial charge on any atom is 0.315 e. The number of rotatable bonds is 8. The minimum absolute atomic E-state index is 0.114. The highest BCUT2D eigenvalue weighted by Gasteiger charge is 2.24. The Kier molecular flexibility index (Phi) is 9.19. The summed E-state index contributed by atoms with van der Waals surface area (Å²) in [5.74, 6) is 0.932. The van der Waals surface area contributed by atoms with Crippen LogP contribution in [0, 0.1) is 5.92 Å². The van der Waals surface area contributed by atoms with Gasteiger partial charge in [0.15, 0.2) is 0 Å². The van der Waals surface area contributed by atoms with Crippen molar-refractivity contribution in [2.24, 2.45) is 5.92 Å². The molecule has 2 atom stereocenters. The largest absolute Gasteiger partial charge is 0.338 e. The van der Waals surface area contributed by atoms with E-state index in [0.717, 1.165) is 55.8 Å². The summed E-state index contributed by atoms with van der Waals surface area (Å²) in [6.45, 7) is 10.0. The fourth-order valence-electron chi connectivity index (χ4n) is 4.73. The molecule has 0 radical (unpaired) electrons. The molecule has 3 amide bonds. The highest BCUT2D eigenvalue weighted by Crippen LogP contribution is 2.19.